The Kier molecular flexibility index (Phi) is 4.73. The topological polar surface area (TPSA) is 69.6 Å². The fraction of sp³-hybridized carbons (Fsp3) is 0.263. The Labute approximate surface area is 149 Å². The zero-order valence-corrected chi connectivity index (χ0v) is 14.1. The van der Waals surface area contributed by atoms with Crippen LogP contribution in [-0.2, 0) is 10.3 Å². The molecule has 2 N–H and O–H groups in total. The number of imide groups is 1. The second kappa shape index (κ2) is 6.84. The van der Waals surface area contributed by atoms with Crippen molar-refractivity contribution in [1.82, 2.24) is 10.2 Å². The van der Waals surface area contributed by atoms with E-state index in [9.17, 15) is 23.5 Å². The first kappa shape index (κ1) is 18.0. The summed E-state index contributed by atoms with van der Waals surface area (Å²) in [6.45, 7) is 1.47. The smallest absolute Gasteiger partial charge is 0.325 e. The van der Waals surface area contributed by atoms with Crippen molar-refractivity contribution in [2.24, 2.45) is 0 Å². The van der Waals surface area contributed by atoms with Crippen molar-refractivity contribution in [2.75, 3.05) is 6.54 Å². The van der Waals surface area contributed by atoms with E-state index in [0.717, 1.165) is 4.90 Å². The summed E-state index contributed by atoms with van der Waals surface area (Å²) in [6.07, 6.45) is -0.877. The quantitative estimate of drug-likeness (QED) is 0.806. The van der Waals surface area contributed by atoms with E-state index in [4.69, 9.17) is 0 Å². The second-order valence-electron chi connectivity index (χ2n) is 6.18. The summed E-state index contributed by atoms with van der Waals surface area (Å²) >= 11 is 0. The van der Waals surface area contributed by atoms with Gasteiger partial charge in [-0.25, -0.2) is 13.6 Å². The van der Waals surface area contributed by atoms with Gasteiger partial charge in [0.25, 0.3) is 5.91 Å². The maximum Gasteiger partial charge on any atom is 0.325 e. The van der Waals surface area contributed by atoms with Crippen LogP contribution in [0.5, 0.6) is 0 Å². The number of nitrogens with one attached hydrogen (secondary N) is 1. The number of hydrogen-bond donors (Lipinski definition) is 2. The number of amides is 3. The van der Waals surface area contributed by atoms with Crippen LogP contribution in [0.15, 0.2) is 48.5 Å². The lowest BCUT2D eigenvalue weighted by atomic mass is 9.87. The lowest BCUT2D eigenvalue weighted by Gasteiger charge is -2.26. The number of aliphatic hydroxyl groups excluding tert-OH is 1. The molecule has 1 heterocycles. The first-order valence-corrected chi connectivity index (χ1v) is 8.21. The molecule has 2 unspecified atom stereocenters. The molecule has 0 bridgehead atoms. The minimum absolute atomic E-state index is 0.265. The lowest BCUT2D eigenvalue weighted by molar-refractivity contribution is -0.132. The van der Waals surface area contributed by atoms with Crippen LogP contribution >= 0.6 is 0 Å². The van der Waals surface area contributed by atoms with Crippen LogP contribution < -0.4 is 5.32 Å². The molecule has 0 radical (unpaired) electrons. The number of hydrogen-bond acceptors (Lipinski definition) is 3. The van der Waals surface area contributed by atoms with Crippen molar-refractivity contribution in [3.05, 3.63) is 71.3 Å². The van der Waals surface area contributed by atoms with E-state index in [-0.39, 0.29) is 13.0 Å². The summed E-state index contributed by atoms with van der Waals surface area (Å²) in [4.78, 5) is 26.3. The predicted molar refractivity (Wildman–Crippen MR) is 90.0 cm³/mol. The maximum absolute atomic E-state index is 13.2. The Morgan fingerprint density at radius 2 is 1.58 bits per heavy atom. The van der Waals surface area contributed by atoms with Gasteiger partial charge in [0, 0.05) is 0 Å². The highest BCUT2D eigenvalue weighted by Gasteiger charge is 2.51. The van der Waals surface area contributed by atoms with Gasteiger partial charge < -0.3 is 10.4 Å². The third-order valence-corrected chi connectivity index (χ3v) is 4.65. The van der Waals surface area contributed by atoms with E-state index in [0.29, 0.717) is 11.1 Å². The van der Waals surface area contributed by atoms with Gasteiger partial charge in [-0.1, -0.05) is 31.2 Å². The van der Waals surface area contributed by atoms with Gasteiger partial charge in [0.1, 0.15) is 17.2 Å². The minimum Gasteiger partial charge on any atom is -0.387 e. The van der Waals surface area contributed by atoms with Crippen LogP contribution in [0.25, 0.3) is 0 Å². The van der Waals surface area contributed by atoms with E-state index >= 15 is 0 Å². The molecule has 1 saturated heterocycles. The van der Waals surface area contributed by atoms with Crippen molar-refractivity contribution in [3.8, 4) is 0 Å². The van der Waals surface area contributed by atoms with Gasteiger partial charge in [-0.3, -0.25) is 9.69 Å². The number of halogens is 2. The van der Waals surface area contributed by atoms with Gasteiger partial charge in [0.2, 0.25) is 0 Å². The van der Waals surface area contributed by atoms with Gasteiger partial charge in [0.05, 0.1) is 12.6 Å². The Morgan fingerprint density at radius 3 is 2.12 bits per heavy atom. The molecule has 2 atom stereocenters. The van der Waals surface area contributed by atoms with Crippen molar-refractivity contribution in [2.45, 2.75) is 25.0 Å². The van der Waals surface area contributed by atoms with Crippen LogP contribution in [0, 0.1) is 11.6 Å². The highest BCUT2D eigenvalue weighted by Crippen LogP contribution is 2.33. The summed E-state index contributed by atoms with van der Waals surface area (Å²) in [7, 11) is 0. The predicted octanol–water partition coefficient (Wildman–Crippen LogP) is 2.86. The molecular weight excluding hydrogens is 342 g/mol. The summed E-state index contributed by atoms with van der Waals surface area (Å²) in [5.74, 6) is -1.41. The number of carbonyl (C=O) groups is 2. The first-order chi connectivity index (χ1) is 12.4. The SMILES string of the molecule is CCC1(c2ccc(F)cc2)NC(=O)N(CC(O)c2ccc(F)cc2)C1=O. The fourth-order valence-corrected chi connectivity index (χ4v) is 3.13. The average molecular weight is 360 g/mol. The van der Waals surface area contributed by atoms with Gasteiger partial charge in [-0.05, 0) is 41.8 Å². The zero-order valence-electron chi connectivity index (χ0n) is 14.1. The molecule has 2 aromatic carbocycles. The van der Waals surface area contributed by atoms with E-state index in [2.05, 4.69) is 5.32 Å². The molecule has 136 valence electrons. The number of benzene rings is 2. The van der Waals surface area contributed by atoms with Crippen LogP contribution in [0.2, 0.25) is 0 Å². The van der Waals surface area contributed by atoms with Crippen molar-refractivity contribution < 1.29 is 23.5 Å². The van der Waals surface area contributed by atoms with E-state index in [1.807, 2.05) is 0 Å². The molecule has 1 fully saturated rings. The molecule has 0 saturated carbocycles. The molecule has 3 rings (SSSR count). The fourth-order valence-electron chi connectivity index (χ4n) is 3.13. The lowest BCUT2D eigenvalue weighted by Crippen LogP contribution is -2.43. The number of urea groups is 1. The van der Waals surface area contributed by atoms with Crippen molar-refractivity contribution >= 4 is 11.9 Å². The number of aliphatic hydroxyl groups is 1. The van der Waals surface area contributed by atoms with E-state index in [1.165, 1.54) is 48.5 Å². The standard InChI is InChI=1S/C19H18F2N2O3/c1-2-19(13-5-9-15(21)10-6-13)17(25)23(18(26)22-19)11-16(24)12-3-7-14(20)8-4-12/h3-10,16,24H,2,11H2,1H3,(H,22,26). The Bertz CT molecular complexity index is 824. The molecule has 26 heavy (non-hydrogen) atoms. The number of carbonyl (C=O) groups excluding carboxylic acids is 2. The summed E-state index contributed by atoms with van der Waals surface area (Å²) in [6, 6.07) is 9.90. The molecule has 0 spiro atoms. The highest BCUT2D eigenvalue weighted by atomic mass is 19.1. The molecular formula is C19H18F2N2O3. The van der Waals surface area contributed by atoms with Gasteiger partial charge in [-0.2, -0.15) is 0 Å². The van der Waals surface area contributed by atoms with Crippen molar-refractivity contribution in [3.63, 3.8) is 0 Å². The normalized spacial score (nSPS) is 21.0. The largest absolute Gasteiger partial charge is 0.387 e. The first-order valence-electron chi connectivity index (χ1n) is 8.21. The van der Waals surface area contributed by atoms with Gasteiger partial charge >= 0.3 is 6.03 Å². The Morgan fingerprint density at radius 1 is 1.04 bits per heavy atom. The number of nitrogens with zero attached hydrogens (tertiary/aromatic N) is 1. The molecule has 2 aromatic rings. The monoisotopic (exact) mass is 360 g/mol. The van der Waals surface area contributed by atoms with Crippen LogP contribution in [-0.4, -0.2) is 28.5 Å². The van der Waals surface area contributed by atoms with E-state index < -0.39 is 35.2 Å². The molecule has 5 nitrogen and oxygen atoms in total. The van der Waals surface area contributed by atoms with Crippen LogP contribution in [0.3, 0.4) is 0 Å². The molecule has 7 heteroatoms. The van der Waals surface area contributed by atoms with Gasteiger partial charge in [-0.15, -0.1) is 0 Å². The molecule has 1 aliphatic heterocycles. The number of β-amino-alcohol motifs (C(OH)–C–C–N with tert-alkyl or cyclic N) is 1. The molecule has 3 amide bonds. The summed E-state index contributed by atoms with van der Waals surface area (Å²) in [5.41, 5.74) is -0.436. The second-order valence-corrected chi connectivity index (χ2v) is 6.18. The minimum atomic E-state index is -1.30. The molecule has 0 aromatic heterocycles. The Balaban J connectivity index is 1.85. The molecule has 1 aliphatic rings. The summed E-state index contributed by atoms with van der Waals surface area (Å²) < 4.78 is 26.2. The van der Waals surface area contributed by atoms with Crippen LogP contribution in [0.4, 0.5) is 13.6 Å². The zero-order chi connectivity index (χ0) is 18.9. The van der Waals surface area contributed by atoms with Gasteiger partial charge in [0.15, 0.2) is 0 Å². The molecule has 0 aliphatic carbocycles. The summed E-state index contributed by atoms with van der Waals surface area (Å²) in [5, 5.41) is 13.0. The highest BCUT2D eigenvalue weighted by molar-refractivity contribution is 6.07. The average Bonchev–Trinajstić information content (AvgIpc) is 2.88. The Hall–Kier alpha value is -2.80. The number of rotatable bonds is 5. The third-order valence-electron chi connectivity index (χ3n) is 4.65. The van der Waals surface area contributed by atoms with Crippen molar-refractivity contribution in [1.29, 1.82) is 0 Å². The maximum atomic E-state index is 13.2. The van der Waals surface area contributed by atoms with E-state index in [1.54, 1.807) is 6.92 Å². The third kappa shape index (κ3) is 3.06. The van der Waals surface area contributed by atoms with Crippen LogP contribution in [0.1, 0.15) is 30.6 Å².